The number of amidine groups is 1. The lowest BCUT2D eigenvalue weighted by atomic mass is 9.83. The number of anilines is 1. The van der Waals surface area contributed by atoms with Crippen LogP contribution in [0, 0.1) is 5.82 Å². The van der Waals surface area contributed by atoms with Crippen LogP contribution in [0.3, 0.4) is 0 Å². The van der Waals surface area contributed by atoms with E-state index in [0.717, 1.165) is 24.8 Å². The highest BCUT2D eigenvalue weighted by molar-refractivity contribution is 8.17. The molecule has 3 N–H and O–H groups in total. The number of hydrogen-bond acceptors (Lipinski definition) is 7. The molecule has 2 heterocycles. The second-order valence-corrected chi connectivity index (χ2v) is 8.09. The van der Waals surface area contributed by atoms with Gasteiger partial charge in [0.2, 0.25) is 5.88 Å². The molecular formula is C20H20FN5O2S. The zero-order valence-corrected chi connectivity index (χ0v) is 16.8. The summed E-state index contributed by atoms with van der Waals surface area (Å²) in [5, 5.41) is 3.17. The second-order valence-electron chi connectivity index (χ2n) is 6.97. The van der Waals surface area contributed by atoms with Crippen LogP contribution in [0.1, 0.15) is 42.2 Å². The van der Waals surface area contributed by atoms with Crippen molar-refractivity contribution in [3.63, 3.8) is 0 Å². The minimum atomic E-state index is -0.883. The third-order valence-electron chi connectivity index (χ3n) is 5.14. The number of aliphatic imine (C=N–C) groups is 1. The molecule has 1 aromatic heterocycles. The van der Waals surface area contributed by atoms with E-state index in [1.807, 2.05) is 6.92 Å². The Kier molecular flexibility index (Phi) is 4.99. The Labute approximate surface area is 171 Å². The molecule has 2 aromatic rings. The molecule has 1 aliphatic carbocycles. The summed E-state index contributed by atoms with van der Waals surface area (Å²) in [7, 11) is 1.47. The highest BCUT2D eigenvalue weighted by Gasteiger charge is 2.40. The van der Waals surface area contributed by atoms with Crippen molar-refractivity contribution in [1.82, 2.24) is 9.97 Å². The maximum atomic E-state index is 14.8. The molecule has 150 valence electrons. The molecule has 9 heteroatoms. The SMILES string of the molecule is COc1cnc(C(=O)Nc2ccc(F)c(C3(C)N=C(N)SC4=C3CCC4)c2)cn1. The van der Waals surface area contributed by atoms with Crippen LogP contribution < -0.4 is 15.8 Å². The predicted molar refractivity (Wildman–Crippen MR) is 110 cm³/mol. The molecule has 4 rings (SSSR count). The molecule has 0 bridgehead atoms. The molecule has 0 saturated heterocycles. The van der Waals surface area contributed by atoms with Gasteiger partial charge in [0.05, 0.1) is 19.5 Å². The molecule has 0 fully saturated rings. The van der Waals surface area contributed by atoms with Crippen molar-refractivity contribution in [3.8, 4) is 5.88 Å². The van der Waals surface area contributed by atoms with Gasteiger partial charge >= 0.3 is 0 Å². The lowest BCUT2D eigenvalue weighted by molar-refractivity contribution is 0.102. The van der Waals surface area contributed by atoms with Gasteiger partial charge in [0, 0.05) is 11.3 Å². The maximum Gasteiger partial charge on any atom is 0.275 e. The van der Waals surface area contributed by atoms with Crippen molar-refractivity contribution in [1.29, 1.82) is 0 Å². The lowest BCUT2D eigenvalue weighted by Crippen LogP contribution is -2.30. The van der Waals surface area contributed by atoms with Crippen LogP contribution in [0.2, 0.25) is 0 Å². The number of methoxy groups -OCH3 is 1. The van der Waals surface area contributed by atoms with Crippen molar-refractivity contribution in [2.24, 2.45) is 10.7 Å². The van der Waals surface area contributed by atoms with Crippen molar-refractivity contribution in [2.45, 2.75) is 31.7 Å². The monoisotopic (exact) mass is 413 g/mol. The molecule has 1 amide bonds. The van der Waals surface area contributed by atoms with Gasteiger partial charge in [-0.3, -0.25) is 4.79 Å². The number of nitrogens with two attached hydrogens (primary N) is 1. The van der Waals surface area contributed by atoms with Crippen molar-refractivity contribution in [2.75, 3.05) is 12.4 Å². The van der Waals surface area contributed by atoms with E-state index < -0.39 is 17.3 Å². The number of carbonyl (C=O) groups is 1. The number of halogens is 1. The Morgan fingerprint density at radius 1 is 1.31 bits per heavy atom. The summed E-state index contributed by atoms with van der Waals surface area (Å²) >= 11 is 1.46. The Hall–Kier alpha value is -2.94. The number of rotatable bonds is 4. The maximum absolute atomic E-state index is 14.8. The van der Waals surface area contributed by atoms with E-state index in [1.165, 1.54) is 48.3 Å². The molecule has 1 aliphatic heterocycles. The van der Waals surface area contributed by atoms with E-state index in [9.17, 15) is 9.18 Å². The number of carbonyl (C=O) groups excluding carboxylic acids is 1. The fraction of sp³-hybridized carbons (Fsp3) is 0.300. The van der Waals surface area contributed by atoms with Crippen molar-refractivity contribution >= 4 is 28.5 Å². The van der Waals surface area contributed by atoms with E-state index in [1.54, 1.807) is 6.07 Å². The van der Waals surface area contributed by atoms with Crippen LogP contribution in [0.5, 0.6) is 5.88 Å². The number of benzene rings is 1. The first kappa shape index (κ1) is 19.4. The Morgan fingerprint density at radius 2 is 2.14 bits per heavy atom. The first-order chi connectivity index (χ1) is 13.9. The zero-order chi connectivity index (χ0) is 20.6. The Balaban J connectivity index is 1.66. The smallest absolute Gasteiger partial charge is 0.275 e. The van der Waals surface area contributed by atoms with Gasteiger partial charge in [-0.1, -0.05) is 11.8 Å². The lowest BCUT2D eigenvalue weighted by Gasteiger charge is -2.33. The summed E-state index contributed by atoms with van der Waals surface area (Å²) < 4.78 is 19.8. The van der Waals surface area contributed by atoms with Crippen molar-refractivity contribution in [3.05, 3.63) is 58.1 Å². The number of amides is 1. The Morgan fingerprint density at radius 3 is 2.86 bits per heavy atom. The van der Waals surface area contributed by atoms with E-state index in [2.05, 4.69) is 20.3 Å². The minimum absolute atomic E-state index is 0.125. The van der Waals surface area contributed by atoms with Gasteiger partial charge in [-0.2, -0.15) is 0 Å². The van der Waals surface area contributed by atoms with E-state index in [4.69, 9.17) is 10.5 Å². The second kappa shape index (κ2) is 7.47. The standard InChI is InChI=1S/C20H20FN5O2S/c1-20(12-4-3-5-16(12)29-19(22)26-20)13-8-11(6-7-14(13)21)25-18(27)15-9-24-17(28-2)10-23-15/h6-10H,3-5H2,1-2H3,(H2,22,26)(H,25,27). The number of nitrogens with zero attached hydrogens (tertiary/aromatic N) is 3. The highest BCUT2D eigenvalue weighted by atomic mass is 32.2. The molecule has 29 heavy (non-hydrogen) atoms. The number of aromatic nitrogens is 2. The quantitative estimate of drug-likeness (QED) is 0.794. The van der Waals surface area contributed by atoms with Crippen LogP contribution in [0.4, 0.5) is 10.1 Å². The number of thioether (sulfide) groups is 1. The average Bonchev–Trinajstić information content (AvgIpc) is 3.18. The van der Waals surface area contributed by atoms with Gasteiger partial charge in [0.25, 0.3) is 5.91 Å². The molecule has 1 unspecified atom stereocenters. The molecule has 0 radical (unpaired) electrons. The van der Waals surface area contributed by atoms with Gasteiger partial charge in [0.15, 0.2) is 5.17 Å². The van der Waals surface area contributed by atoms with Crippen LogP contribution in [-0.4, -0.2) is 28.2 Å². The number of allylic oxidation sites excluding steroid dienone is 1. The van der Waals surface area contributed by atoms with Gasteiger partial charge < -0.3 is 15.8 Å². The molecular weight excluding hydrogens is 393 g/mol. The number of ether oxygens (including phenoxy) is 1. The van der Waals surface area contributed by atoms with Crippen LogP contribution >= 0.6 is 11.8 Å². The van der Waals surface area contributed by atoms with E-state index in [0.29, 0.717) is 22.3 Å². The van der Waals surface area contributed by atoms with Crippen LogP contribution in [0.25, 0.3) is 0 Å². The Bertz CT molecular complexity index is 1040. The molecule has 0 spiro atoms. The summed E-state index contributed by atoms with van der Waals surface area (Å²) in [6.07, 6.45) is 5.47. The third-order valence-corrected chi connectivity index (χ3v) is 6.13. The summed E-state index contributed by atoms with van der Waals surface area (Å²) in [6, 6.07) is 4.45. The number of nitrogens with one attached hydrogen (secondary N) is 1. The van der Waals surface area contributed by atoms with E-state index in [-0.39, 0.29) is 5.69 Å². The normalized spacial score (nSPS) is 20.9. The fourth-order valence-electron chi connectivity index (χ4n) is 3.71. The van der Waals surface area contributed by atoms with Crippen molar-refractivity contribution < 1.29 is 13.9 Å². The molecule has 7 nitrogen and oxygen atoms in total. The van der Waals surface area contributed by atoms with Gasteiger partial charge in [-0.25, -0.2) is 19.4 Å². The van der Waals surface area contributed by atoms with E-state index >= 15 is 0 Å². The van der Waals surface area contributed by atoms with Gasteiger partial charge in [0.1, 0.15) is 17.1 Å². The predicted octanol–water partition coefficient (Wildman–Crippen LogP) is 3.59. The molecule has 2 aliphatic rings. The largest absolute Gasteiger partial charge is 0.480 e. The molecule has 1 aromatic carbocycles. The summed E-state index contributed by atoms with van der Waals surface area (Å²) in [5.41, 5.74) is 7.20. The first-order valence-corrected chi connectivity index (χ1v) is 9.95. The minimum Gasteiger partial charge on any atom is -0.480 e. The average molecular weight is 413 g/mol. The van der Waals surface area contributed by atoms with Crippen LogP contribution in [-0.2, 0) is 5.54 Å². The first-order valence-electron chi connectivity index (χ1n) is 9.14. The summed E-state index contributed by atoms with van der Waals surface area (Å²) in [6.45, 7) is 1.87. The fourth-order valence-corrected chi connectivity index (χ4v) is 4.86. The topological polar surface area (TPSA) is 102 Å². The molecule has 1 atom stereocenters. The highest BCUT2D eigenvalue weighted by Crippen LogP contribution is 2.50. The summed E-state index contributed by atoms with van der Waals surface area (Å²) in [5.74, 6) is -0.535. The third kappa shape index (κ3) is 3.57. The van der Waals surface area contributed by atoms with Gasteiger partial charge in [-0.05, 0) is 54.9 Å². The van der Waals surface area contributed by atoms with Gasteiger partial charge in [-0.15, -0.1) is 0 Å². The molecule has 0 saturated carbocycles. The van der Waals surface area contributed by atoms with Crippen LogP contribution in [0.15, 0.2) is 46.1 Å². The zero-order valence-electron chi connectivity index (χ0n) is 16.0. The number of hydrogen-bond donors (Lipinski definition) is 2. The summed E-state index contributed by atoms with van der Waals surface area (Å²) in [4.78, 5) is 26.3.